The highest BCUT2D eigenvalue weighted by Gasteiger charge is 2.08. The molecule has 0 aliphatic heterocycles. The lowest BCUT2D eigenvalue weighted by Gasteiger charge is -2.06. The average Bonchev–Trinajstić information content (AvgIpc) is 2.77. The van der Waals surface area contributed by atoms with E-state index in [1.165, 1.54) is 15.6 Å². The first-order valence-corrected chi connectivity index (χ1v) is 6.53. The Hall–Kier alpha value is -1.51. The number of hydrogen-bond acceptors (Lipinski definition) is 2. The lowest BCUT2D eigenvalue weighted by molar-refractivity contribution is 1.65. The van der Waals surface area contributed by atoms with Crippen LogP contribution >= 0.6 is 22.9 Å². The molecule has 0 bridgehead atoms. The third kappa shape index (κ3) is 1.79. The SMILES string of the molecule is Nc1ccc(-c2cccc3ccsc23)c(Cl)c1. The lowest BCUT2D eigenvalue weighted by atomic mass is 10.0. The molecular weight excluding hydrogens is 250 g/mol. The molecule has 0 saturated carbocycles. The maximum absolute atomic E-state index is 6.26. The Labute approximate surface area is 108 Å². The fourth-order valence-electron chi connectivity index (χ4n) is 1.95. The first-order valence-electron chi connectivity index (χ1n) is 5.27. The Morgan fingerprint density at radius 3 is 2.71 bits per heavy atom. The summed E-state index contributed by atoms with van der Waals surface area (Å²) in [6.07, 6.45) is 0. The summed E-state index contributed by atoms with van der Waals surface area (Å²) in [5.41, 5.74) is 8.61. The molecule has 1 heterocycles. The van der Waals surface area contributed by atoms with Gasteiger partial charge in [-0.3, -0.25) is 0 Å². The van der Waals surface area contributed by atoms with Crippen LogP contribution in [0.5, 0.6) is 0 Å². The Bertz CT molecular complexity index is 688. The molecule has 0 amide bonds. The Balaban J connectivity index is 2.30. The van der Waals surface area contributed by atoms with Gasteiger partial charge in [0, 0.05) is 21.5 Å². The van der Waals surface area contributed by atoms with E-state index >= 15 is 0 Å². The number of hydrogen-bond donors (Lipinski definition) is 1. The van der Waals surface area contributed by atoms with Gasteiger partial charge in [-0.25, -0.2) is 0 Å². The minimum Gasteiger partial charge on any atom is -0.399 e. The number of anilines is 1. The van der Waals surface area contributed by atoms with E-state index in [4.69, 9.17) is 17.3 Å². The van der Waals surface area contributed by atoms with Crippen molar-refractivity contribution in [2.45, 2.75) is 0 Å². The Morgan fingerprint density at radius 2 is 1.88 bits per heavy atom. The van der Waals surface area contributed by atoms with Crippen molar-refractivity contribution in [2.24, 2.45) is 0 Å². The van der Waals surface area contributed by atoms with Gasteiger partial charge in [-0.1, -0.05) is 35.9 Å². The Kier molecular flexibility index (Phi) is 2.54. The second-order valence-corrected chi connectivity index (χ2v) is 5.21. The molecule has 3 aromatic rings. The van der Waals surface area contributed by atoms with E-state index in [-0.39, 0.29) is 0 Å². The van der Waals surface area contributed by atoms with Crippen LogP contribution in [0.2, 0.25) is 5.02 Å². The van der Waals surface area contributed by atoms with Gasteiger partial charge in [-0.15, -0.1) is 11.3 Å². The van der Waals surface area contributed by atoms with Crippen molar-refractivity contribution >= 4 is 38.7 Å². The predicted molar refractivity (Wildman–Crippen MR) is 76.7 cm³/mol. The Morgan fingerprint density at radius 1 is 1.00 bits per heavy atom. The molecule has 3 heteroatoms. The lowest BCUT2D eigenvalue weighted by Crippen LogP contribution is -1.86. The molecular formula is C14H10ClNS. The summed E-state index contributed by atoms with van der Waals surface area (Å²) < 4.78 is 1.26. The minimum atomic E-state index is 0.692. The molecule has 2 N–H and O–H groups in total. The van der Waals surface area contributed by atoms with Crippen LogP contribution in [0.1, 0.15) is 0 Å². The van der Waals surface area contributed by atoms with Gasteiger partial charge in [0.05, 0.1) is 5.02 Å². The number of rotatable bonds is 1. The molecule has 0 aliphatic carbocycles. The zero-order valence-electron chi connectivity index (χ0n) is 8.98. The summed E-state index contributed by atoms with van der Waals surface area (Å²) >= 11 is 7.99. The summed E-state index contributed by atoms with van der Waals surface area (Å²) in [7, 11) is 0. The number of thiophene rings is 1. The van der Waals surface area contributed by atoms with Gasteiger partial charge in [0.2, 0.25) is 0 Å². The smallest absolute Gasteiger partial charge is 0.0505 e. The van der Waals surface area contributed by atoms with Gasteiger partial charge in [0.1, 0.15) is 0 Å². The molecule has 0 unspecified atom stereocenters. The maximum Gasteiger partial charge on any atom is 0.0505 e. The molecule has 1 nitrogen and oxygen atoms in total. The van der Waals surface area contributed by atoms with Crippen molar-refractivity contribution in [1.82, 2.24) is 0 Å². The number of halogens is 1. The first-order chi connectivity index (χ1) is 8.25. The van der Waals surface area contributed by atoms with Gasteiger partial charge >= 0.3 is 0 Å². The van der Waals surface area contributed by atoms with Gasteiger partial charge in [0.25, 0.3) is 0 Å². The van der Waals surface area contributed by atoms with Gasteiger partial charge in [0.15, 0.2) is 0 Å². The highest BCUT2D eigenvalue weighted by atomic mass is 35.5. The van der Waals surface area contributed by atoms with Crippen molar-refractivity contribution in [2.75, 3.05) is 5.73 Å². The highest BCUT2D eigenvalue weighted by molar-refractivity contribution is 7.17. The topological polar surface area (TPSA) is 26.0 Å². The van der Waals surface area contributed by atoms with Crippen molar-refractivity contribution < 1.29 is 0 Å². The monoisotopic (exact) mass is 259 g/mol. The molecule has 17 heavy (non-hydrogen) atoms. The van der Waals surface area contributed by atoms with Gasteiger partial charge < -0.3 is 5.73 Å². The number of benzene rings is 2. The fourth-order valence-corrected chi connectivity index (χ4v) is 3.17. The third-order valence-electron chi connectivity index (χ3n) is 2.76. The van der Waals surface area contributed by atoms with Gasteiger partial charge in [-0.05, 0) is 29.0 Å². The molecule has 84 valence electrons. The number of fused-ring (bicyclic) bond motifs is 1. The van der Waals surface area contributed by atoms with Crippen molar-refractivity contribution in [3.8, 4) is 11.1 Å². The normalized spacial score (nSPS) is 10.9. The molecule has 0 saturated heterocycles. The standard InChI is InChI=1S/C14H10ClNS/c15-13-8-10(16)4-5-11(13)12-3-1-2-9-6-7-17-14(9)12/h1-8H,16H2. The van der Waals surface area contributed by atoms with Crippen molar-refractivity contribution in [3.63, 3.8) is 0 Å². The highest BCUT2D eigenvalue weighted by Crippen LogP contribution is 2.36. The predicted octanol–water partition coefficient (Wildman–Crippen LogP) is 4.80. The average molecular weight is 260 g/mol. The van der Waals surface area contributed by atoms with Gasteiger partial charge in [-0.2, -0.15) is 0 Å². The summed E-state index contributed by atoms with van der Waals surface area (Å²) in [6.45, 7) is 0. The molecule has 3 rings (SSSR count). The van der Waals surface area contributed by atoms with Crippen LogP contribution in [0.3, 0.4) is 0 Å². The van der Waals surface area contributed by atoms with Crippen LogP contribution in [0.4, 0.5) is 5.69 Å². The molecule has 2 aromatic carbocycles. The van der Waals surface area contributed by atoms with E-state index < -0.39 is 0 Å². The summed E-state index contributed by atoms with van der Waals surface area (Å²) in [6, 6.07) is 14.0. The summed E-state index contributed by atoms with van der Waals surface area (Å²) in [5.74, 6) is 0. The van der Waals surface area contributed by atoms with E-state index in [2.05, 4.69) is 29.6 Å². The van der Waals surface area contributed by atoms with E-state index in [0.717, 1.165) is 5.56 Å². The van der Waals surface area contributed by atoms with Crippen molar-refractivity contribution in [1.29, 1.82) is 0 Å². The molecule has 0 fully saturated rings. The van der Waals surface area contributed by atoms with E-state index in [9.17, 15) is 0 Å². The van der Waals surface area contributed by atoms with Crippen LogP contribution in [0.25, 0.3) is 21.2 Å². The van der Waals surface area contributed by atoms with Crippen molar-refractivity contribution in [3.05, 3.63) is 52.9 Å². The van der Waals surface area contributed by atoms with Crippen LogP contribution in [0.15, 0.2) is 47.8 Å². The number of nitrogen functional groups attached to an aromatic ring is 1. The third-order valence-corrected chi connectivity index (χ3v) is 4.04. The van der Waals surface area contributed by atoms with Crippen LogP contribution in [-0.4, -0.2) is 0 Å². The van der Waals surface area contributed by atoms with Crippen LogP contribution in [-0.2, 0) is 0 Å². The van der Waals surface area contributed by atoms with Crippen LogP contribution in [0, 0.1) is 0 Å². The van der Waals surface area contributed by atoms with E-state index in [1.54, 1.807) is 17.4 Å². The quantitative estimate of drug-likeness (QED) is 0.624. The van der Waals surface area contributed by atoms with E-state index in [0.29, 0.717) is 10.7 Å². The molecule has 0 aliphatic rings. The first kappa shape index (κ1) is 10.6. The maximum atomic E-state index is 6.26. The number of nitrogens with two attached hydrogens (primary N) is 1. The molecule has 0 atom stereocenters. The molecule has 1 aromatic heterocycles. The van der Waals surface area contributed by atoms with Crippen LogP contribution < -0.4 is 5.73 Å². The zero-order chi connectivity index (χ0) is 11.8. The largest absolute Gasteiger partial charge is 0.399 e. The molecule has 0 radical (unpaired) electrons. The second-order valence-electron chi connectivity index (χ2n) is 3.88. The molecule has 0 spiro atoms. The minimum absolute atomic E-state index is 0.692. The second kappa shape index (κ2) is 4.06. The summed E-state index contributed by atoms with van der Waals surface area (Å²) in [4.78, 5) is 0. The van der Waals surface area contributed by atoms with E-state index in [1.807, 2.05) is 12.1 Å². The summed E-state index contributed by atoms with van der Waals surface area (Å²) in [5, 5.41) is 4.05. The fraction of sp³-hybridized carbons (Fsp3) is 0. The zero-order valence-corrected chi connectivity index (χ0v) is 10.6.